The van der Waals surface area contributed by atoms with Crippen LogP contribution in [0.3, 0.4) is 0 Å². The van der Waals surface area contributed by atoms with Crippen molar-refractivity contribution in [3.8, 4) is 0 Å². The lowest BCUT2D eigenvalue weighted by Gasteiger charge is -2.27. The molecular formula is C16H17BrFNO. The lowest BCUT2D eigenvalue weighted by atomic mass is 10.1. The highest BCUT2D eigenvalue weighted by atomic mass is 79.9. The third-order valence-corrected chi connectivity index (χ3v) is 3.66. The first-order chi connectivity index (χ1) is 9.52. The second-order valence-electron chi connectivity index (χ2n) is 4.60. The summed E-state index contributed by atoms with van der Waals surface area (Å²) in [5, 5.41) is 9.93. The Morgan fingerprint density at radius 1 is 1.25 bits per heavy atom. The molecule has 1 unspecified atom stereocenters. The van der Waals surface area contributed by atoms with Crippen LogP contribution in [0.2, 0.25) is 0 Å². The minimum atomic E-state index is -0.583. The number of halogens is 2. The van der Waals surface area contributed by atoms with Crippen LogP contribution in [-0.2, 0) is 0 Å². The van der Waals surface area contributed by atoms with Crippen LogP contribution in [0.5, 0.6) is 0 Å². The van der Waals surface area contributed by atoms with Crippen LogP contribution in [-0.4, -0.2) is 11.7 Å². The molecule has 2 aromatic rings. The van der Waals surface area contributed by atoms with E-state index < -0.39 is 6.10 Å². The van der Waals surface area contributed by atoms with Crippen LogP contribution >= 0.6 is 15.9 Å². The van der Waals surface area contributed by atoms with E-state index in [4.69, 9.17) is 0 Å². The van der Waals surface area contributed by atoms with Gasteiger partial charge in [0.25, 0.3) is 0 Å². The van der Waals surface area contributed by atoms with E-state index >= 15 is 0 Å². The summed E-state index contributed by atoms with van der Waals surface area (Å²) in [6, 6.07) is 12.2. The molecule has 0 spiro atoms. The summed E-state index contributed by atoms with van der Waals surface area (Å²) >= 11 is 3.45. The van der Waals surface area contributed by atoms with Gasteiger partial charge < -0.3 is 10.0 Å². The van der Waals surface area contributed by atoms with Crippen LogP contribution in [0, 0.1) is 5.82 Å². The van der Waals surface area contributed by atoms with Crippen LogP contribution < -0.4 is 4.90 Å². The van der Waals surface area contributed by atoms with E-state index in [-0.39, 0.29) is 5.82 Å². The maximum atomic E-state index is 13.4. The Hall–Kier alpha value is -1.39. The van der Waals surface area contributed by atoms with Crippen molar-refractivity contribution in [3.05, 3.63) is 58.3 Å². The van der Waals surface area contributed by atoms with Crippen molar-refractivity contribution in [2.24, 2.45) is 0 Å². The van der Waals surface area contributed by atoms with E-state index in [1.165, 1.54) is 12.1 Å². The molecule has 0 radical (unpaired) electrons. The molecule has 0 saturated carbocycles. The zero-order valence-corrected chi connectivity index (χ0v) is 13.1. The molecule has 4 heteroatoms. The Morgan fingerprint density at radius 2 is 2.00 bits per heavy atom. The van der Waals surface area contributed by atoms with Crippen molar-refractivity contribution >= 4 is 27.3 Å². The van der Waals surface area contributed by atoms with Gasteiger partial charge in [0.2, 0.25) is 0 Å². The molecule has 0 aliphatic heterocycles. The Kier molecular flexibility index (Phi) is 4.78. The standard InChI is InChI=1S/C16H17BrFNO/c1-3-19(14-6-4-5-13(18)10-14)16-9-12(17)7-8-15(16)11(2)20/h4-11,20H,3H2,1-2H3. The minimum Gasteiger partial charge on any atom is -0.389 e. The maximum absolute atomic E-state index is 13.4. The molecule has 20 heavy (non-hydrogen) atoms. The van der Waals surface area contributed by atoms with Crippen LogP contribution in [0.25, 0.3) is 0 Å². The molecule has 0 aliphatic rings. The normalized spacial score (nSPS) is 12.2. The first-order valence-electron chi connectivity index (χ1n) is 6.53. The van der Waals surface area contributed by atoms with Crippen LogP contribution in [0.4, 0.5) is 15.8 Å². The zero-order chi connectivity index (χ0) is 14.7. The molecule has 2 aromatic carbocycles. The van der Waals surface area contributed by atoms with E-state index in [1.807, 2.05) is 36.1 Å². The Labute approximate surface area is 127 Å². The number of hydrogen-bond donors (Lipinski definition) is 1. The van der Waals surface area contributed by atoms with Gasteiger partial charge >= 0.3 is 0 Å². The molecule has 0 heterocycles. The van der Waals surface area contributed by atoms with Crippen molar-refractivity contribution in [1.82, 2.24) is 0 Å². The molecule has 0 bridgehead atoms. The summed E-state index contributed by atoms with van der Waals surface area (Å²) in [7, 11) is 0. The fourth-order valence-corrected chi connectivity index (χ4v) is 2.59. The van der Waals surface area contributed by atoms with E-state index in [0.29, 0.717) is 6.54 Å². The van der Waals surface area contributed by atoms with Gasteiger partial charge in [0.1, 0.15) is 5.82 Å². The third-order valence-electron chi connectivity index (χ3n) is 3.17. The van der Waals surface area contributed by atoms with Gasteiger partial charge in [-0.1, -0.05) is 28.1 Å². The molecule has 0 amide bonds. The summed E-state index contributed by atoms with van der Waals surface area (Å²) < 4.78 is 14.4. The Balaban J connectivity index is 2.54. The molecule has 0 aromatic heterocycles. The second kappa shape index (κ2) is 6.37. The summed E-state index contributed by atoms with van der Waals surface area (Å²) in [4.78, 5) is 1.98. The number of nitrogens with zero attached hydrogens (tertiary/aromatic N) is 1. The second-order valence-corrected chi connectivity index (χ2v) is 5.52. The van der Waals surface area contributed by atoms with Crippen molar-refractivity contribution in [3.63, 3.8) is 0 Å². The van der Waals surface area contributed by atoms with E-state index in [0.717, 1.165) is 21.4 Å². The van der Waals surface area contributed by atoms with E-state index in [1.54, 1.807) is 13.0 Å². The van der Waals surface area contributed by atoms with Crippen molar-refractivity contribution in [2.45, 2.75) is 20.0 Å². The molecule has 2 rings (SSSR count). The summed E-state index contributed by atoms with van der Waals surface area (Å²) in [6.07, 6.45) is -0.583. The van der Waals surface area contributed by atoms with Gasteiger partial charge in [-0.25, -0.2) is 4.39 Å². The molecule has 0 aliphatic carbocycles. The monoisotopic (exact) mass is 337 g/mol. The fraction of sp³-hybridized carbons (Fsp3) is 0.250. The SMILES string of the molecule is CCN(c1cccc(F)c1)c1cc(Br)ccc1C(C)O. The number of aliphatic hydroxyl groups excluding tert-OH is 1. The minimum absolute atomic E-state index is 0.269. The Bertz CT molecular complexity index is 601. The van der Waals surface area contributed by atoms with E-state index in [2.05, 4.69) is 15.9 Å². The maximum Gasteiger partial charge on any atom is 0.125 e. The summed E-state index contributed by atoms with van der Waals surface area (Å²) in [5.74, 6) is -0.269. The average Bonchev–Trinajstić information content (AvgIpc) is 2.39. The van der Waals surface area contributed by atoms with Crippen molar-refractivity contribution < 1.29 is 9.50 Å². The number of aliphatic hydroxyl groups is 1. The first-order valence-corrected chi connectivity index (χ1v) is 7.33. The average molecular weight is 338 g/mol. The van der Waals surface area contributed by atoms with Crippen LogP contribution in [0.1, 0.15) is 25.5 Å². The van der Waals surface area contributed by atoms with Crippen LogP contribution in [0.15, 0.2) is 46.9 Å². The molecule has 1 N–H and O–H groups in total. The summed E-state index contributed by atoms with van der Waals surface area (Å²) in [5.41, 5.74) is 2.47. The topological polar surface area (TPSA) is 23.5 Å². The smallest absolute Gasteiger partial charge is 0.125 e. The van der Waals surface area contributed by atoms with Gasteiger partial charge in [-0.15, -0.1) is 0 Å². The lowest BCUT2D eigenvalue weighted by molar-refractivity contribution is 0.199. The Morgan fingerprint density at radius 3 is 2.60 bits per heavy atom. The number of hydrogen-bond acceptors (Lipinski definition) is 2. The van der Waals surface area contributed by atoms with Gasteiger partial charge in [-0.2, -0.15) is 0 Å². The highest BCUT2D eigenvalue weighted by Gasteiger charge is 2.15. The van der Waals surface area contributed by atoms with Crippen molar-refractivity contribution in [1.29, 1.82) is 0 Å². The van der Waals surface area contributed by atoms with E-state index in [9.17, 15) is 9.50 Å². The quantitative estimate of drug-likeness (QED) is 0.866. The highest BCUT2D eigenvalue weighted by molar-refractivity contribution is 9.10. The lowest BCUT2D eigenvalue weighted by Crippen LogP contribution is -2.18. The van der Waals surface area contributed by atoms with Gasteiger partial charge in [0.15, 0.2) is 0 Å². The first kappa shape index (κ1) is 15.0. The van der Waals surface area contributed by atoms with Gasteiger partial charge in [-0.05, 0) is 44.2 Å². The zero-order valence-electron chi connectivity index (χ0n) is 11.5. The molecule has 0 fully saturated rings. The molecule has 106 valence electrons. The molecular weight excluding hydrogens is 321 g/mol. The molecule has 2 nitrogen and oxygen atoms in total. The number of rotatable bonds is 4. The predicted octanol–water partition coefficient (Wildman–Crippen LogP) is 4.80. The largest absolute Gasteiger partial charge is 0.389 e. The van der Waals surface area contributed by atoms with Gasteiger partial charge in [0.05, 0.1) is 6.10 Å². The predicted molar refractivity (Wildman–Crippen MR) is 83.9 cm³/mol. The molecule has 0 saturated heterocycles. The highest BCUT2D eigenvalue weighted by Crippen LogP contribution is 2.34. The third kappa shape index (κ3) is 3.19. The summed E-state index contributed by atoms with van der Waals surface area (Å²) in [6.45, 7) is 4.41. The number of benzene rings is 2. The van der Waals surface area contributed by atoms with Gasteiger partial charge in [0, 0.05) is 28.0 Å². The van der Waals surface area contributed by atoms with Crippen molar-refractivity contribution in [2.75, 3.05) is 11.4 Å². The number of anilines is 2. The van der Waals surface area contributed by atoms with Gasteiger partial charge in [-0.3, -0.25) is 0 Å². The molecule has 1 atom stereocenters. The fourth-order valence-electron chi connectivity index (χ4n) is 2.24.